The molecule has 1 saturated heterocycles. The van der Waals surface area contributed by atoms with Gasteiger partial charge in [-0.2, -0.15) is 0 Å². The van der Waals surface area contributed by atoms with Crippen LogP contribution in [0.25, 0.3) is 0 Å². The lowest BCUT2D eigenvalue weighted by atomic mass is 9.88. The van der Waals surface area contributed by atoms with Crippen molar-refractivity contribution in [1.29, 1.82) is 0 Å². The fourth-order valence-electron chi connectivity index (χ4n) is 3.64. The van der Waals surface area contributed by atoms with Crippen LogP contribution in [0.4, 0.5) is 0 Å². The summed E-state index contributed by atoms with van der Waals surface area (Å²) < 4.78 is 28.5. The quantitative estimate of drug-likeness (QED) is 0.229. The van der Waals surface area contributed by atoms with Crippen molar-refractivity contribution < 1.29 is 13.2 Å². The summed E-state index contributed by atoms with van der Waals surface area (Å²) in [6, 6.07) is 10.7. The third kappa shape index (κ3) is 10.5. The Bertz CT molecular complexity index is 768. The van der Waals surface area contributed by atoms with Gasteiger partial charge < -0.3 is 20.7 Å². The van der Waals surface area contributed by atoms with E-state index in [1.54, 1.807) is 0 Å². The third-order valence-electron chi connectivity index (χ3n) is 5.46. The Morgan fingerprint density at radius 3 is 2.42 bits per heavy atom. The van der Waals surface area contributed by atoms with Gasteiger partial charge in [0.15, 0.2) is 5.96 Å². The van der Waals surface area contributed by atoms with Gasteiger partial charge in [0.1, 0.15) is 9.84 Å². The molecule has 0 bridgehead atoms. The second-order valence-corrected chi connectivity index (χ2v) is 10.6. The van der Waals surface area contributed by atoms with Crippen molar-refractivity contribution >= 4 is 39.8 Å². The number of sulfone groups is 1. The first-order valence-corrected chi connectivity index (χ1v) is 12.9. The number of nitrogens with zero attached hydrogens (tertiary/aromatic N) is 1. The average molecular weight is 567 g/mol. The van der Waals surface area contributed by atoms with Gasteiger partial charge in [0, 0.05) is 43.6 Å². The third-order valence-corrected chi connectivity index (χ3v) is 6.44. The van der Waals surface area contributed by atoms with Crippen molar-refractivity contribution in [2.45, 2.75) is 57.7 Å². The molecule has 0 aromatic heterocycles. The summed E-state index contributed by atoms with van der Waals surface area (Å²) in [5.41, 5.74) is 1.12. The lowest BCUT2D eigenvalue weighted by Gasteiger charge is -2.39. The molecule has 1 aromatic carbocycles. The zero-order chi connectivity index (χ0) is 22.0. The summed E-state index contributed by atoms with van der Waals surface area (Å²) in [7, 11) is -2.97. The van der Waals surface area contributed by atoms with Crippen LogP contribution in [-0.4, -0.2) is 64.3 Å². The van der Waals surface area contributed by atoms with Crippen molar-refractivity contribution in [3.63, 3.8) is 0 Å². The molecule has 0 saturated carbocycles. The van der Waals surface area contributed by atoms with E-state index < -0.39 is 9.84 Å². The fraction of sp³-hybridized carbons (Fsp3) is 0.682. The summed E-state index contributed by atoms with van der Waals surface area (Å²) in [6.07, 6.45) is 3.62. The molecule has 0 spiro atoms. The highest BCUT2D eigenvalue weighted by atomic mass is 127. The van der Waals surface area contributed by atoms with Crippen LogP contribution in [0, 0.1) is 0 Å². The summed E-state index contributed by atoms with van der Waals surface area (Å²) in [4.78, 5) is 4.87. The first-order chi connectivity index (χ1) is 14.2. The predicted molar refractivity (Wildman–Crippen MR) is 139 cm³/mol. The van der Waals surface area contributed by atoms with Gasteiger partial charge in [0.05, 0.1) is 12.3 Å². The first-order valence-electron chi connectivity index (χ1n) is 10.9. The minimum absolute atomic E-state index is 0. The smallest absolute Gasteiger partial charge is 0.191 e. The van der Waals surface area contributed by atoms with E-state index in [1.165, 1.54) is 11.8 Å². The highest BCUT2D eigenvalue weighted by Gasteiger charge is 2.34. The van der Waals surface area contributed by atoms with Gasteiger partial charge in [0.25, 0.3) is 0 Å². The molecular formula is C22H39IN4O3S. The standard InChI is InChI=1S/C22H38N4O3S.HI/c1-5-23-21(25-18(2)11-16-30(4,27)28)24-17-22(12-14-29-15-13-22)26-19(3)20-9-7-6-8-10-20;/h6-10,18-19,26H,5,11-17H2,1-4H3,(H2,23,24,25);1H. The molecule has 0 aliphatic carbocycles. The van der Waals surface area contributed by atoms with Crippen LogP contribution >= 0.6 is 24.0 Å². The van der Waals surface area contributed by atoms with E-state index in [1.807, 2.05) is 19.9 Å². The molecule has 3 N–H and O–H groups in total. The normalized spacial score (nSPS) is 18.5. The lowest BCUT2D eigenvalue weighted by Crippen LogP contribution is -2.53. The van der Waals surface area contributed by atoms with Crippen LogP contribution in [0.2, 0.25) is 0 Å². The second kappa shape index (κ2) is 13.6. The topological polar surface area (TPSA) is 91.8 Å². The molecule has 7 nitrogen and oxygen atoms in total. The van der Waals surface area contributed by atoms with Gasteiger partial charge in [-0.1, -0.05) is 30.3 Å². The van der Waals surface area contributed by atoms with Crippen LogP contribution < -0.4 is 16.0 Å². The maximum atomic E-state index is 11.4. The van der Waals surface area contributed by atoms with Gasteiger partial charge in [-0.25, -0.2) is 8.42 Å². The Morgan fingerprint density at radius 1 is 1.19 bits per heavy atom. The number of ether oxygens (including phenoxy) is 1. The molecule has 1 aromatic rings. The number of rotatable bonds is 10. The number of hydrogen-bond donors (Lipinski definition) is 3. The molecule has 2 unspecified atom stereocenters. The highest BCUT2D eigenvalue weighted by Crippen LogP contribution is 2.26. The first kappa shape index (κ1) is 28.1. The predicted octanol–water partition coefficient (Wildman–Crippen LogP) is 2.88. The maximum absolute atomic E-state index is 11.4. The highest BCUT2D eigenvalue weighted by molar-refractivity contribution is 14.0. The van der Waals surface area contributed by atoms with Crippen molar-refractivity contribution in [3.8, 4) is 0 Å². The molecular weight excluding hydrogens is 527 g/mol. The molecule has 31 heavy (non-hydrogen) atoms. The van der Waals surface area contributed by atoms with Crippen LogP contribution in [0.5, 0.6) is 0 Å². The molecule has 2 atom stereocenters. The summed E-state index contributed by atoms with van der Waals surface area (Å²) >= 11 is 0. The molecule has 1 aliphatic rings. The number of halogens is 1. The minimum Gasteiger partial charge on any atom is -0.381 e. The maximum Gasteiger partial charge on any atom is 0.191 e. The number of hydrogen-bond acceptors (Lipinski definition) is 5. The van der Waals surface area contributed by atoms with Crippen molar-refractivity contribution in [1.82, 2.24) is 16.0 Å². The van der Waals surface area contributed by atoms with Crippen molar-refractivity contribution in [2.24, 2.45) is 4.99 Å². The molecule has 9 heteroatoms. The van der Waals surface area contributed by atoms with Crippen LogP contribution in [0.1, 0.15) is 51.6 Å². The van der Waals surface area contributed by atoms with E-state index in [2.05, 4.69) is 47.1 Å². The number of benzene rings is 1. The molecule has 178 valence electrons. The number of aliphatic imine (C=N–C) groups is 1. The van der Waals surface area contributed by atoms with Crippen LogP contribution in [0.3, 0.4) is 0 Å². The van der Waals surface area contributed by atoms with Gasteiger partial charge in [-0.15, -0.1) is 24.0 Å². The zero-order valence-electron chi connectivity index (χ0n) is 19.2. The molecule has 1 aliphatic heterocycles. The minimum atomic E-state index is -2.97. The zero-order valence-corrected chi connectivity index (χ0v) is 22.3. The Balaban J connectivity index is 0.00000480. The molecule has 1 fully saturated rings. The SMILES string of the molecule is CCNC(=NCC1(NC(C)c2ccccc2)CCOCC1)NC(C)CCS(C)(=O)=O.I. The van der Waals surface area contributed by atoms with Gasteiger partial charge >= 0.3 is 0 Å². The van der Waals surface area contributed by atoms with E-state index in [-0.39, 0.29) is 47.4 Å². The largest absolute Gasteiger partial charge is 0.381 e. The van der Waals surface area contributed by atoms with E-state index in [0.717, 1.165) is 38.6 Å². The number of guanidine groups is 1. The van der Waals surface area contributed by atoms with E-state index >= 15 is 0 Å². The molecule has 0 amide bonds. The van der Waals surface area contributed by atoms with Crippen LogP contribution in [-0.2, 0) is 14.6 Å². The number of nitrogens with one attached hydrogen (secondary N) is 3. The van der Waals surface area contributed by atoms with Crippen LogP contribution in [0.15, 0.2) is 35.3 Å². The van der Waals surface area contributed by atoms with Gasteiger partial charge in [0.2, 0.25) is 0 Å². The van der Waals surface area contributed by atoms with Gasteiger partial charge in [-0.05, 0) is 45.6 Å². The summed E-state index contributed by atoms with van der Waals surface area (Å²) in [5.74, 6) is 0.886. The second-order valence-electron chi connectivity index (χ2n) is 8.33. The Labute approximate surface area is 205 Å². The van der Waals surface area contributed by atoms with Crippen molar-refractivity contribution in [3.05, 3.63) is 35.9 Å². The summed E-state index contributed by atoms with van der Waals surface area (Å²) in [5, 5.41) is 10.5. The molecule has 1 heterocycles. The Morgan fingerprint density at radius 2 is 1.84 bits per heavy atom. The van der Waals surface area contributed by atoms with E-state index in [4.69, 9.17) is 9.73 Å². The van der Waals surface area contributed by atoms with E-state index in [0.29, 0.717) is 13.0 Å². The van der Waals surface area contributed by atoms with Crippen molar-refractivity contribution in [2.75, 3.05) is 38.3 Å². The van der Waals surface area contributed by atoms with E-state index in [9.17, 15) is 8.42 Å². The molecule has 2 rings (SSSR count). The summed E-state index contributed by atoms with van der Waals surface area (Å²) in [6.45, 7) is 9.01. The average Bonchev–Trinajstić information content (AvgIpc) is 2.71. The monoisotopic (exact) mass is 566 g/mol. The van der Waals surface area contributed by atoms with Gasteiger partial charge in [-0.3, -0.25) is 4.99 Å². The Kier molecular flexibility index (Phi) is 12.3. The molecule has 0 radical (unpaired) electrons. The Hall–Kier alpha value is -0.910. The lowest BCUT2D eigenvalue weighted by molar-refractivity contribution is 0.0374. The fourth-order valence-corrected chi connectivity index (χ4v) is 4.42.